The fraction of sp³-hybridized carbons (Fsp3) is 0.267. The number of benzene rings is 2. The van der Waals surface area contributed by atoms with Gasteiger partial charge in [0, 0.05) is 5.69 Å². The molecule has 1 saturated heterocycles. The predicted octanol–water partition coefficient (Wildman–Crippen LogP) is 2.95. The van der Waals surface area contributed by atoms with E-state index in [2.05, 4.69) is 22.8 Å². The van der Waals surface area contributed by atoms with Crippen molar-refractivity contribution in [1.29, 1.82) is 0 Å². The number of amides is 1. The predicted molar refractivity (Wildman–Crippen MR) is 80.9 cm³/mol. The highest BCUT2D eigenvalue weighted by Crippen LogP contribution is 2.19. The van der Waals surface area contributed by atoms with Crippen LogP contribution in [-0.2, 0) is 4.79 Å². The molecular weight excluding hydrogens is 260 g/mol. The van der Waals surface area contributed by atoms with E-state index in [9.17, 15) is 4.79 Å². The number of nitrogens with one attached hydrogen (secondary N) is 2. The van der Waals surface area contributed by atoms with Crippen LogP contribution in [0.15, 0.2) is 42.5 Å². The molecule has 3 rings (SSSR count). The Bertz CT molecular complexity index is 579. The second kappa shape index (κ2) is 6.04. The van der Waals surface area contributed by atoms with Crippen molar-refractivity contribution in [3.8, 4) is 0 Å². The summed E-state index contributed by atoms with van der Waals surface area (Å²) in [5, 5.41) is 8.51. The van der Waals surface area contributed by atoms with Crippen molar-refractivity contribution >= 4 is 34.8 Å². The van der Waals surface area contributed by atoms with Gasteiger partial charge in [-0.05, 0) is 42.3 Å². The molecule has 1 aliphatic rings. The average Bonchev–Trinajstić information content (AvgIpc) is 2.92. The van der Waals surface area contributed by atoms with Gasteiger partial charge in [0.25, 0.3) is 0 Å². The highest BCUT2D eigenvalue weighted by Gasteiger charge is 2.21. The summed E-state index contributed by atoms with van der Waals surface area (Å²) in [6, 6.07) is 14.1. The quantitative estimate of drug-likeness (QED) is 0.885. The maximum absolute atomic E-state index is 12.0. The summed E-state index contributed by atoms with van der Waals surface area (Å²) in [6.07, 6.45) is 2.01. The molecule has 4 heteroatoms. The van der Waals surface area contributed by atoms with Gasteiger partial charge in [-0.15, -0.1) is 12.4 Å². The van der Waals surface area contributed by atoms with Gasteiger partial charge in [-0.2, -0.15) is 0 Å². The maximum atomic E-state index is 12.0. The van der Waals surface area contributed by atoms with Crippen LogP contribution in [0.25, 0.3) is 10.8 Å². The van der Waals surface area contributed by atoms with E-state index in [1.54, 1.807) is 0 Å². The third-order valence-electron chi connectivity index (χ3n) is 3.39. The summed E-state index contributed by atoms with van der Waals surface area (Å²) in [7, 11) is 0. The van der Waals surface area contributed by atoms with Crippen LogP contribution in [0.3, 0.4) is 0 Å². The van der Waals surface area contributed by atoms with Gasteiger partial charge in [0.1, 0.15) is 0 Å². The molecule has 3 nitrogen and oxygen atoms in total. The molecule has 1 aliphatic heterocycles. The van der Waals surface area contributed by atoms with Crippen LogP contribution in [0.1, 0.15) is 12.8 Å². The van der Waals surface area contributed by atoms with Crippen LogP contribution in [0.2, 0.25) is 0 Å². The molecule has 1 fully saturated rings. The Labute approximate surface area is 118 Å². The fourth-order valence-corrected chi connectivity index (χ4v) is 2.40. The minimum Gasteiger partial charge on any atom is -0.325 e. The molecule has 1 atom stereocenters. The van der Waals surface area contributed by atoms with E-state index in [1.165, 1.54) is 5.39 Å². The first-order valence-corrected chi connectivity index (χ1v) is 6.36. The van der Waals surface area contributed by atoms with Gasteiger partial charge in [0.15, 0.2) is 0 Å². The minimum absolute atomic E-state index is 0. The molecule has 2 aromatic rings. The van der Waals surface area contributed by atoms with Crippen molar-refractivity contribution in [2.45, 2.75) is 18.9 Å². The molecule has 100 valence electrons. The van der Waals surface area contributed by atoms with Crippen molar-refractivity contribution in [2.75, 3.05) is 11.9 Å². The topological polar surface area (TPSA) is 41.1 Å². The van der Waals surface area contributed by atoms with Gasteiger partial charge >= 0.3 is 0 Å². The van der Waals surface area contributed by atoms with E-state index < -0.39 is 0 Å². The number of anilines is 1. The Kier molecular flexibility index (Phi) is 4.40. The van der Waals surface area contributed by atoms with E-state index in [0.29, 0.717) is 0 Å². The molecule has 19 heavy (non-hydrogen) atoms. The third-order valence-corrected chi connectivity index (χ3v) is 3.39. The van der Waals surface area contributed by atoms with Gasteiger partial charge < -0.3 is 10.6 Å². The van der Waals surface area contributed by atoms with Gasteiger partial charge in [0.05, 0.1) is 6.04 Å². The second-order valence-electron chi connectivity index (χ2n) is 4.70. The zero-order chi connectivity index (χ0) is 12.4. The third kappa shape index (κ3) is 3.06. The molecule has 0 aliphatic carbocycles. The Morgan fingerprint density at radius 2 is 1.95 bits per heavy atom. The van der Waals surface area contributed by atoms with Crippen molar-refractivity contribution in [2.24, 2.45) is 0 Å². The smallest absolute Gasteiger partial charge is 0.241 e. The second-order valence-corrected chi connectivity index (χ2v) is 4.70. The SMILES string of the molecule is Cl.O=C(Nc1ccc2ccccc2c1)[C@@H]1CCCN1. The summed E-state index contributed by atoms with van der Waals surface area (Å²) in [5.74, 6) is 0.0720. The number of rotatable bonds is 2. The Morgan fingerprint density at radius 3 is 2.68 bits per heavy atom. The number of carbonyl (C=O) groups is 1. The van der Waals surface area contributed by atoms with Crippen LogP contribution in [-0.4, -0.2) is 18.5 Å². The van der Waals surface area contributed by atoms with Gasteiger partial charge in [-0.3, -0.25) is 4.79 Å². The van der Waals surface area contributed by atoms with Crippen molar-refractivity contribution in [3.63, 3.8) is 0 Å². The molecule has 2 N–H and O–H groups in total. The molecular formula is C15H17ClN2O. The molecule has 2 aromatic carbocycles. The standard InChI is InChI=1S/C15H16N2O.ClH/c18-15(14-6-3-9-16-14)17-13-8-7-11-4-1-2-5-12(11)10-13;/h1-2,4-5,7-8,10,14,16H,3,6,9H2,(H,17,18);1H/t14-;/m0./s1. The van der Waals surface area contributed by atoms with Crippen LogP contribution >= 0.6 is 12.4 Å². The van der Waals surface area contributed by atoms with E-state index >= 15 is 0 Å². The van der Waals surface area contributed by atoms with Gasteiger partial charge in [-0.1, -0.05) is 30.3 Å². The number of hydrogen-bond donors (Lipinski definition) is 2. The summed E-state index contributed by atoms with van der Waals surface area (Å²) in [4.78, 5) is 12.0. The molecule has 0 radical (unpaired) electrons. The van der Waals surface area contributed by atoms with E-state index in [1.807, 2.05) is 30.3 Å². The lowest BCUT2D eigenvalue weighted by molar-refractivity contribution is -0.117. The lowest BCUT2D eigenvalue weighted by Gasteiger charge is -2.11. The minimum atomic E-state index is -0.0310. The number of hydrogen-bond acceptors (Lipinski definition) is 2. The zero-order valence-corrected chi connectivity index (χ0v) is 11.4. The Morgan fingerprint density at radius 1 is 1.16 bits per heavy atom. The summed E-state index contributed by atoms with van der Waals surface area (Å²) >= 11 is 0. The van der Waals surface area contributed by atoms with Crippen molar-refractivity contribution in [1.82, 2.24) is 5.32 Å². The number of fused-ring (bicyclic) bond motifs is 1. The molecule has 1 heterocycles. The Balaban J connectivity index is 0.00000133. The number of carbonyl (C=O) groups excluding carboxylic acids is 1. The molecule has 1 amide bonds. The summed E-state index contributed by atoms with van der Waals surface area (Å²) in [6.45, 7) is 0.940. The Hall–Kier alpha value is -1.58. The van der Waals surface area contributed by atoms with E-state index in [-0.39, 0.29) is 24.4 Å². The highest BCUT2D eigenvalue weighted by atomic mass is 35.5. The largest absolute Gasteiger partial charge is 0.325 e. The van der Waals surface area contributed by atoms with Crippen LogP contribution in [0.4, 0.5) is 5.69 Å². The summed E-state index contributed by atoms with van der Waals surface area (Å²) in [5.41, 5.74) is 0.868. The van der Waals surface area contributed by atoms with E-state index in [4.69, 9.17) is 0 Å². The lowest BCUT2D eigenvalue weighted by Crippen LogP contribution is -2.35. The molecule has 0 aromatic heterocycles. The molecule has 0 bridgehead atoms. The maximum Gasteiger partial charge on any atom is 0.241 e. The first-order chi connectivity index (χ1) is 8.83. The van der Waals surface area contributed by atoms with Crippen LogP contribution in [0, 0.1) is 0 Å². The first kappa shape index (κ1) is 13.8. The molecule has 0 saturated carbocycles. The fourth-order valence-electron chi connectivity index (χ4n) is 2.40. The first-order valence-electron chi connectivity index (χ1n) is 6.36. The van der Waals surface area contributed by atoms with Crippen molar-refractivity contribution < 1.29 is 4.79 Å². The van der Waals surface area contributed by atoms with Gasteiger partial charge in [-0.25, -0.2) is 0 Å². The molecule has 0 unspecified atom stereocenters. The van der Waals surface area contributed by atoms with E-state index in [0.717, 1.165) is 30.5 Å². The summed E-state index contributed by atoms with van der Waals surface area (Å²) < 4.78 is 0. The molecule has 0 spiro atoms. The van der Waals surface area contributed by atoms with Crippen LogP contribution < -0.4 is 10.6 Å². The normalized spacial score (nSPS) is 18.0. The van der Waals surface area contributed by atoms with Crippen molar-refractivity contribution in [3.05, 3.63) is 42.5 Å². The zero-order valence-electron chi connectivity index (χ0n) is 10.6. The van der Waals surface area contributed by atoms with Crippen LogP contribution in [0.5, 0.6) is 0 Å². The lowest BCUT2D eigenvalue weighted by atomic mass is 10.1. The monoisotopic (exact) mass is 276 g/mol. The highest BCUT2D eigenvalue weighted by molar-refractivity contribution is 5.97. The number of halogens is 1. The average molecular weight is 277 g/mol. The van der Waals surface area contributed by atoms with Gasteiger partial charge in [0.2, 0.25) is 5.91 Å².